The van der Waals surface area contributed by atoms with Crippen molar-refractivity contribution < 1.29 is 13.9 Å². The number of alkyl halides is 2. The molecule has 0 fully saturated rings. The Hall–Kier alpha value is -0.680. The predicted octanol–water partition coefficient (Wildman–Crippen LogP) is 4.31. The van der Waals surface area contributed by atoms with E-state index in [4.69, 9.17) is 0 Å². The number of benzene rings is 1. The minimum atomic E-state index is -2.65. The molecule has 1 aromatic heterocycles. The van der Waals surface area contributed by atoms with Crippen molar-refractivity contribution in [1.82, 2.24) is 0 Å². The summed E-state index contributed by atoms with van der Waals surface area (Å²) >= 11 is 4.41. The molecule has 2 rings (SSSR count). The van der Waals surface area contributed by atoms with E-state index >= 15 is 0 Å². The van der Waals surface area contributed by atoms with Crippen molar-refractivity contribution in [3.63, 3.8) is 0 Å². The molecule has 0 amide bonds. The lowest BCUT2D eigenvalue weighted by Crippen LogP contribution is -1.86. The summed E-state index contributed by atoms with van der Waals surface area (Å²) < 4.78 is 26.3. The summed E-state index contributed by atoms with van der Waals surface area (Å²) in [5.74, 6) is -0.359. The van der Waals surface area contributed by atoms with Gasteiger partial charge in [0.15, 0.2) is 0 Å². The third-order valence-corrected chi connectivity index (χ3v) is 3.53. The summed E-state index contributed by atoms with van der Waals surface area (Å²) in [7, 11) is 0. The van der Waals surface area contributed by atoms with Gasteiger partial charge in [0.05, 0.1) is 5.56 Å². The second kappa shape index (κ2) is 3.47. The average molecular weight is 279 g/mol. The molecule has 0 radical (unpaired) electrons. The van der Waals surface area contributed by atoms with Gasteiger partial charge in [-0.15, -0.1) is 11.3 Å². The number of rotatable bonds is 1. The number of hydrogen-bond acceptors (Lipinski definition) is 2. The van der Waals surface area contributed by atoms with Crippen molar-refractivity contribution in [1.29, 1.82) is 0 Å². The van der Waals surface area contributed by atoms with Crippen molar-refractivity contribution in [3.8, 4) is 5.75 Å². The molecule has 0 aliphatic rings. The van der Waals surface area contributed by atoms with E-state index in [2.05, 4.69) is 15.9 Å². The van der Waals surface area contributed by atoms with Crippen molar-refractivity contribution in [2.24, 2.45) is 0 Å². The van der Waals surface area contributed by atoms with Crippen molar-refractivity contribution in [3.05, 3.63) is 27.5 Å². The van der Waals surface area contributed by atoms with Crippen LogP contribution in [0.3, 0.4) is 0 Å². The summed E-state index contributed by atoms with van der Waals surface area (Å²) in [6.45, 7) is 0. The van der Waals surface area contributed by atoms with Crippen LogP contribution in [-0.4, -0.2) is 5.11 Å². The number of phenolic OH excluding ortho intramolecular Hbond substituents is 1. The molecule has 0 saturated carbocycles. The SMILES string of the molecule is Oc1cc(Br)c2ccsc2c1C(F)F. The molecule has 1 heterocycles. The molecule has 1 N–H and O–H groups in total. The van der Waals surface area contributed by atoms with Crippen LogP contribution in [0.5, 0.6) is 5.75 Å². The van der Waals surface area contributed by atoms with Gasteiger partial charge in [0.2, 0.25) is 0 Å². The average Bonchev–Trinajstić information content (AvgIpc) is 2.51. The quantitative estimate of drug-likeness (QED) is 0.824. The lowest BCUT2D eigenvalue weighted by atomic mass is 10.1. The van der Waals surface area contributed by atoms with Gasteiger partial charge < -0.3 is 5.11 Å². The van der Waals surface area contributed by atoms with Crippen LogP contribution >= 0.6 is 27.3 Å². The number of fused-ring (bicyclic) bond motifs is 1. The zero-order valence-electron chi connectivity index (χ0n) is 6.80. The van der Waals surface area contributed by atoms with Crippen LogP contribution in [0.25, 0.3) is 10.1 Å². The van der Waals surface area contributed by atoms with Gasteiger partial charge in [-0.05, 0) is 33.4 Å². The molecule has 14 heavy (non-hydrogen) atoms. The lowest BCUT2D eigenvalue weighted by Gasteiger charge is -2.06. The van der Waals surface area contributed by atoms with Gasteiger partial charge in [0.25, 0.3) is 6.43 Å². The second-order valence-electron chi connectivity index (χ2n) is 2.76. The predicted molar refractivity (Wildman–Crippen MR) is 56.1 cm³/mol. The smallest absolute Gasteiger partial charge is 0.268 e. The lowest BCUT2D eigenvalue weighted by molar-refractivity contribution is 0.149. The Morgan fingerprint density at radius 1 is 1.43 bits per heavy atom. The molecule has 0 aliphatic heterocycles. The molecular formula is C9H5BrF2OS. The molecule has 0 saturated heterocycles. The molecule has 0 atom stereocenters. The molecule has 1 aromatic carbocycles. The minimum Gasteiger partial charge on any atom is -0.507 e. The summed E-state index contributed by atoms with van der Waals surface area (Å²) in [5, 5.41) is 11.8. The van der Waals surface area contributed by atoms with Crippen LogP contribution in [0, 0.1) is 0 Å². The van der Waals surface area contributed by atoms with Gasteiger partial charge >= 0.3 is 0 Å². The Labute approximate surface area is 91.1 Å². The van der Waals surface area contributed by atoms with Crippen LogP contribution in [0.4, 0.5) is 8.78 Å². The van der Waals surface area contributed by atoms with E-state index in [-0.39, 0.29) is 11.3 Å². The second-order valence-corrected chi connectivity index (χ2v) is 4.53. The highest BCUT2D eigenvalue weighted by atomic mass is 79.9. The maximum atomic E-state index is 12.6. The third-order valence-electron chi connectivity index (χ3n) is 1.92. The van der Waals surface area contributed by atoms with Crippen LogP contribution < -0.4 is 0 Å². The van der Waals surface area contributed by atoms with Gasteiger partial charge in [0, 0.05) is 14.6 Å². The molecular weight excluding hydrogens is 274 g/mol. The van der Waals surface area contributed by atoms with E-state index in [1.54, 1.807) is 11.4 Å². The highest BCUT2D eigenvalue weighted by Crippen LogP contribution is 2.41. The topological polar surface area (TPSA) is 20.2 Å². The number of aromatic hydroxyl groups is 1. The number of thiophene rings is 1. The van der Waals surface area contributed by atoms with Crippen molar-refractivity contribution in [2.75, 3.05) is 0 Å². The van der Waals surface area contributed by atoms with Gasteiger partial charge in [-0.3, -0.25) is 0 Å². The zero-order valence-corrected chi connectivity index (χ0v) is 9.20. The largest absolute Gasteiger partial charge is 0.507 e. The first-order chi connectivity index (χ1) is 6.61. The molecule has 2 aromatic rings. The van der Waals surface area contributed by atoms with Crippen LogP contribution in [0.15, 0.2) is 22.0 Å². The van der Waals surface area contributed by atoms with Crippen LogP contribution in [0.1, 0.15) is 12.0 Å². The third kappa shape index (κ3) is 1.40. The Balaban J connectivity index is 2.86. The number of phenols is 1. The zero-order chi connectivity index (χ0) is 10.3. The Morgan fingerprint density at radius 3 is 2.79 bits per heavy atom. The molecule has 74 valence electrons. The normalized spacial score (nSPS) is 11.4. The van der Waals surface area contributed by atoms with E-state index < -0.39 is 6.43 Å². The molecule has 0 unspecified atom stereocenters. The molecule has 1 nitrogen and oxygen atoms in total. The summed E-state index contributed by atoms with van der Waals surface area (Å²) in [6.07, 6.45) is -2.65. The monoisotopic (exact) mass is 278 g/mol. The van der Waals surface area contributed by atoms with E-state index in [0.29, 0.717) is 14.6 Å². The highest BCUT2D eigenvalue weighted by molar-refractivity contribution is 9.10. The van der Waals surface area contributed by atoms with Crippen molar-refractivity contribution in [2.45, 2.75) is 6.43 Å². The number of hydrogen-bond donors (Lipinski definition) is 1. The Bertz CT molecular complexity index is 481. The minimum absolute atomic E-state index is 0.279. The van der Waals surface area contributed by atoms with Gasteiger partial charge in [-0.2, -0.15) is 0 Å². The molecule has 5 heteroatoms. The maximum absolute atomic E-state index is 12.6. The van der Waals surface area contributed by atoms with Gasteiger partial charge in [0.1, 0.15) is 5.75 Å². The van der Waals surface area contributed by atoms with E-state index in [9.17, 15) is 13.9 Å². The van der Waals surface area contributed by atoms with E-state index in [1.807, 2.05) is 0 Å². The van der Waals surface area contributed by atoms with Gasteiger partial charge in [-0.1, -0.05) is 0 Å². The van der Waals surface area contributed by atoms with E-state index in [0.717, 1.165) is 0 Å². The fraction of sp³-hybridized carbons (Fsp3) is 0.111. The number of halogens is 3. The standard InChI is InChI=1S/C9H5BrF2OS/c10-5-3-6(13)7(9(11)12)8-4(5)1-2-14-8/h1-3,9,13H. The van der Waals surface area contributed by atoms with Crippen LogP contribution in [-0.2, 0) is 0 Å². The Kier molecular flexibility index (Phi) is 2.45. The first kappa shape index (κ1) is 9.86. The fourth-order valence-corrected chi connectivity index (χ4v) is 2.95. The van der Waals surface area contributed by atoms with E-state index in [1.165, 1.54) is 17.4 Å². The fourth-order valence-electron chi connectivity index (χ4n) is 1.31. The van der Waals surface area contributed by atoms with Crippen LogP contribution in [0.2, 0.25) is 0 Å². The van der Waals surface area contributed by atoms with Gasteiger partial charge in [-0.25, -0.2) is 8.78 Å². The first-order valence-corrected chi connectivity index (χ1v) is 5.45. The highest BCUT2D eigenvalue weighted by Gasteiger charge is 2.19. The molecule has 0 bridgehead atoms. The first-order valence-electron chi connectivity index (χ1n) is 3.78. The molecule has 0 aliphatic carbocycles. The summed E-state index contributed by atoms with van der Waals surface area (Å²) in [6, 6.07) is 3.05. The summed E-state index contributed by atoms with van der Waals surface area (Å²) in [4.78, 5) is 0. The summed E-state index contributed by atoms with van der Waals surface area (Å²) in [5.41, 5.74) is -0.279. The van der Waals surface area contributed by atoms with Crippen molar-refractivity contribution >= 4 is 37.4 Å². The Morgan fingerprint density at radius 2 is 2.14 bits per heavy atom. The molecule has 0 spiro atoms. The maximum Gasteiger partial charge on any atom is 0.268 e.